The Labute approximate surface area is 149 Å². The average Bonchev–Trinajstić information content (AvgIpc) is 3.12. The number of aromatic nitrogens is 3. The van der Waals surface area contributed by atoms with Crippen LogP contribution in [0.3, 0.4) is 0 Å². The maximum Gasteiger partial charge on any atom is 0.291 e. The van der Waals surface area contributed by atoms with Gasteiger partial charge in [0, 0.05) is 12.1 Å². The van der Waals surface area contributed by atoms with Crippen molar-refractivity contribution in [3.05, 3.63) is 33.7 Å². The molecule has 6 nitrogen and oxygen atoms in total. The van der Waals surface area contributed by atoms with Gasteiger partial charge in [0.25, 0.3) is 5.56 Å². The Kier molecular flexibility index (Phi) is 3.91. The summed E-state index contributed by atoms with van der Waals surface area (Å²) in [6.45, 7) is 6.04. The number of hydrogen-bond acceptors (Lipinski definition) is 4. The zero-order chi connectivity index (χ0) is 17.7. The van der Waals surface area contributed by atoms with Gasteiger partial charge >= 0.3 is 0 Å². The van der Waals surface area contributed by atoms with E-state index in [9.17, 15) is 9.59 Å². The normalized spacial score (nSPS) is 21.3. The Bertz CT molecular complexity index is 1010. The highest BCUT2D eigenvalue weighted by Gasteiger charge is 2.29. The molecule has 7 heteroatoms. The van der Waals surface area contributed by atoms with Crippen molar-refractivity contribution in [3.8, 4) is 0 Å². The van der Waals surface area contributed by atoms with Crippen LogP contribution in [0.4, 0.5) is 0 Å². The van der Waals surface area contributed by atoms with Crippen molar-refractivity contribution in [2.45, 2.75) is 58.7 Å². The van der Waals surface area contributed by atoms with E-state index < -0.39 is 0 Å². The fourth-order valence-electron chi connectivity index (χ4n) is 4.06. The Morgan fingerprint density at radius 1 is 1.28 bits per heavy atom. The number of likely N-dealkylation sites (tertiary alicyclic amines) is 1. The molecule has 0 radical (unpaired) electrons. The van der Waals surface area contributed by atoms with Gasteiger partial charge in [0.2, 0.25) is 5.91 Å². The quantitative estimate of drug-likeness (QED) is 0.708. The summed E-state index contributed by atoms with van der Waals surface area (Å²) in [7, 11) is 0. The van der Waals surface area contributed by atoms with Crippen molar-refractivity contribution in [1.29, 1.82) is 0 Å². The highest BCUT2D eigenvalue weighted by molar-refractivity contribution is 7.17. The largest absolute Gasteiger partial charge is 0.336 e. The SMILES string of the molecule is Cc1nn(CC(=O)N2[C@@H](C)CCC[C@@H]2C)c(=O)c2cc3sccc3n12. The van der Waals surface area contributed by atoms with Crippen LogP contribution in [-0.2, 0) is 11.3 Å². The van der Waals surface area contributed by atoms with Crippen molar-refractivity contribution in [3.63, 3.8) is 0 Å². The molecule has 4 rings (SSSR count). The van der Waals surface area contributed by atoms with Gasteiger partial charge in [0.1, 0.15) is 17.9 Å². The van der Waals surface area contributed by atoms with Gasteiger partial charge in [0.15, 0.2) is 0 Å². The second-order valence-electron chi connectivity index (χ2n) is 6.98. The molecule has 0 aliphatic carbocycles. The lowest BCUT2D eigenvalue weighted by molar-refractivity contribution is -0.138. The molecule has 1 aliphatic heterocycles. The first kappa shape index (κ1) is 16.3. The van der Waals surface area contributed by atoms with Gasteiger partial charge in [-0.3, -0.25) is 14.0 Å². The third kappa shape index (κ3) is 2.57. The molecule has 3 aromatic heterocycles. The summed E-state index contributed by atoms with van der Waals surface area (Å²) in [6.07, 6.45) is 3.19. The van der Waals surface area contributed by atoms with Gasteiger partial charge in [-0.1, -0.05) is 0 Å². The van der Waals surface area contributed by atoms with E-state index in [1.807, 2.05) is 33.7 Å². The van der Waals surface area contributed by atoms with E-state index in [0.717, 1.165) is 35.3 Å². The Hall–Kier alpha value is -2.15. The monoisotopic (exact) mass is 358 g/mol. The van der Waals surface area contributed by atoms with E-state index in [0.29, 0.717) is 5.52 Å². The number of nitrogens with zero attached hydrogens (tertiary/aromatic N) is 4. The summed E-state index contributed by atoms with van der Waals surface area (Å²) in [4.78, 5) is 27.6. The number of thiophene rings is 1. The van der Waals surface area contributed by atoms with E-state index in [-0.39, 0.29) is 30.1 Å². The standard InChI is InChI=1S/C18H22N4O2S/c1-11-5-4-6-12(2)21(11)17(23)10-20-18(24)15-9-16-14(7-8-25-16)22(15)13(3)19-20/h7-9,11-12H,4-6,10H2,1-3H3/t11-,12-/m0/s1. The van der Waals surface area contributed by atoms with Gasteiger partial charge < -0.3 is 4.90 Å². The van der Waals surface area contributed by atoms with Crippen LogP contribution in [0, 0.1) is 6.92 Å². The van der Waals surface area contributed by atoms with Crippen LogP contribution < -0.4 is 5.56 Å². The summed E-state index contributed by atoms with van der Waals surface area (Å²) in [5.74, 6) is 0.696. The van der Waals surface area contributed by atoms with E-state index in [1.165, 1.54) is 4.68 Å². The highest BCUT2D eigenvalue weighted by Crippen LogP contribution is 2.25. The van der Waals surface area contributed by atoms with Crippen molar-refractivity contribution < 1.29 is 4.79 Å². The molecular formula is C18H22N4O2S. The highest BCUT2D eigenvalue weighted by atomic mass is 32.1. The number of carbonyl (C=O) groups excluding carboxylic acids is 1. The maximum atomic E-state index is 12.8. The second-order valence-corrected chi connectivity index (χ2v) is 7.92. The zero-order valence-corrected chi connectivity index (χ0v) is 15.5. The van der Waals surface area contributed by atoms with Crippen molar-refractivity contribution in [1.82, 2.24) is 19.1 Å². The van der Waals surface area contributed by atoms with Crippen LogP contribution >= 0.6 is 11.3 Å². The molecule has 1 fully saturated rings. The Balaban J connectivity index is 1.73. The van der Waals surface area contributed by atoms with Crippen LogP contribution in [0.5, 0.6) is 0 Å². The van der Waals surface area contributed by atoms with Crippen LogP contribution in [0.1, 0.15) is 38.9 Å². The van der Waals surface area contributed by atoms with Crippen LogP contribution in [0.2, 0.25) is 0 Å². The minimum atomic E-state index is -0.209. The molecule has 1 saturated heterocycles. The predicted molar refractivity (Wildman–Crippen MR) is 99.2 cm³/mol. The molecule has 132 valence electrons. The molecule has 1 amide bonds. The lowest BCUT2D eigenvalue weighted by Crippen LogP contribution is -2.49. The molecule has 0 bridgehead atoms. The summed E-state index contributed by atoms with van der Waals surface area (Å²) < 4.78 is 4.26. The van der Waals surface area contributed by atoms with Gasteiger partial charge in [-0.25, -0.2) is 4.68 Å². The fourth-order valence-corrected chi connectivity index (χ4v) is 4.86. The molecule has 4 heterocycles. The molecule has 0 aromatic carbocycles. The van der Waals surface area contributed by atoms with Gasteiger partial charge in [0.05, 0.1) is 10.2 Å². The topological polar surface area (TPSA) is 59.6 Å². The molecule has 0 spiro atoms. The molecule has 2 atom stereocenters. The zero-order valence-electron chi connectivity index (χ0n) is 14.7. The summed E-state index contributed by atoms with van der Waals surface area (Å²) in [5, 5.41) is 6.42. The van der Waals surface area contributed by atoms with E-state index >= 15 is 0 Å². The van der Waals surface area contributed by atoms with Gasteiger partial charge in [-0.05, 0) is 57.5 Å². The lowest BCUT2D eigenvalue weighted by atomic mass is 9.97. The average molecular weight is 358 g/mol. The minimum Gasteiger partial charge on any atom is -0.336 e. The van der Waals surface area contributed by atoms with Crippen molar-refractivity contribution in [2.24, 2.45) is 0 Å². The summed E-state index contributed by atoms with van der Waals surface area (Å²) in [6, 6.07) is 4.32. The van der Waals surface area contributed by atoms with Crippen LogP contribution in [0.15, 0.2) is 22.3 Å². The van der Waals surface area contributed by atoms with Crippen LogP contribution in [0.25, 0.3) is 15.7 Å². The molecule has 0 saturated carbocycles. The third-order valence-corrected chi connectivity index (χ3v) is 6.09. The number of carbonyl (C=O) groups is 1. The van der Waals surface area contributed by atoms with Gasteiger partial charge in [-0.2, -0.15) is 5.10 Å². The summed E-state index contributed by atoms with van der Waals surface area (Å²) in [5.41, 5.74) is 1.38. The smallest absolute Gasteiger partial charge is 0.291 e. The number of rotatable bonds is 2. The number of piperidine rings is 1. The van der Waals surface area contributed by atoms with E-state index in [1.54, 1.807) is 11.3 Å². The Morgan fingerprint density at radius 2 is 2.00 bits per heavy atom. The predicted octanol–water partition coefficient (Wildman–Crippen LogP) is 2.81. The number of aryl methyl sites for hydroxylation is 1. The minimum absolute atomic E-state index is 0.00365. The third-order valence-electron chi connectivity index (χ3n) is 5.23. The first-order chi connectivity index (χ1) is 12.0. The number of fused-ring (bicyclic) bond motifs is 3. The van der Waals surface area contributed by atoms with Crippen molar-refractivity contribution >= 4 is 33.0 Å². The molecular weight excluding hydrogens is 336 g/mol. The number of hydrogen-bond donors (Lipinski definition) is 0. The van der Waals surface area contributed by atoms with Gasteiger partial charge in [-0.15, -0.1) is 11.3 Å². The first-order valence-corrected chi connectivity index (χ1v) is 9.63. The molecule has 3 aromatic rings. The maximum absolute atomic E-state index is 12.8. The van der Waals surface area contributed by atoms with Crippen LogP contribution in [-0.4, -0.2) is 37.1 Å². The second kappa shape index (κ2) is 5.98. The lowest BCUT2D eigenvalue weighted by Gasteiger charge is -2.39. The first-order valence-electron chi connectivity index (χ1n) is 8.75. The molecule has 0 N–H and O–H groups in total. The Morgan fingerprint density at radius 3 is 2.72 bits per heavy atom. The van der Waals surface area contributed by atoms with E-state index in [4.69, 9.17) is 0 Å². The molecule has 25 heavy (non-hydrogen) atoms. The molecule has 1 aliphatic rings. The molecule has 0 unspecified atom stereocenters. The summed E-state index contributed by atoms with van der Waals surface area (Å²) >= 11 is 1.60. The fraction of sp³-hybridized carbons (Fsp3) is 0.500. The number of amides is 1. The van der Waals surface area contributed by atoms with Crippen molar-refractivity contribution in [2.75, 3.05) is 0 Å². The van der Waals surface area contributed by atoms with E-state index in [2.05, 4.69) is 18.9 Å².